The molecule has 0 amide bonds. The number of hydrogen-bond donors (Lipinski definition) is 0. The van der Waals surface area contributed by atoms with Gasteiger partial charge < -0.3 is 0 Å². The van der Waals surface area contributed by atoms with Crippen molar-refractivity contribution in [2.24, 2.45) is 5.92 Å². The van der Waals surface area contributed by atoms with Crippen LogP contribution in [0.4, 0.5) is 0 Å². The molecule has 0 spiro atoms. The molecule has 0 aromatic rings. The summed E-state index contributed by atoms with van der Waals surface area (Å²) in [6, 6.07) is 0. The van der Waals surface area contributed by atoms with Crippen LogP contribution in [-0.4, -0.2) is 5.78 Å². The molecule has 0 saturated carbocycles. The largest absolute Gasteiger partial charge is 0.295 e. The zero-order valence-electron chi connectivity index (χ0n) is 6.93. The molecular weight excluding hydrogens is 160 g/mol. The number of halogens is 1. The van der Waals surface area contributed by atoms with Crippen LogP contribution < -0.4 is 0 Å². The summed E-state index contributed by atoms with van der Waals surface area (Å²) < 4.78 is 0. The van der Waals surface area contributed by atoms with Crippen molar-refractivity contribution in [3.8, 4) is 0 Å². The first kappa shape index (κ1) is 10.4. The van der Waals surface area contributed by atoms with E-state index in [1.54, 1.807) is 0 Å². The lowest BCUT2D eigenvalue weighted by atomic mass is 10.1. The van der Waals surface area contributed by atoms with Crippen molar-refractivity contribution in [1.82, 2.24) is 0 Å². The maximum Gasteiger partial charge on any atom is 0.157 e. The summed E-state index contributed by atoms with van der Waals surface area (Å²) in [7, 11) is 0. The summed E-state index contributed by atoms with van der Waals surface area (Å²) in [5.41, 5.74) is 0. The molecule has 0 aromatic carbocycles. The third-order valence-corrected chi connectivity index (χ3v) is 1.37. The molecule has 0 saturated heterocycles. The maximum atomic E-state index is 11.0. The van der Waals surface area contributed by atoms with Gasteiger partial charge in [0.25, 0.3) is 0 Å². The highest BCUT2D eigenvalue weighted by molar-refractivity contribution is 6.32. The Morgan fingerprint density at radius 3 is 2.55 bits per heavy atom. The lowest BCUT2D eigenvalue weighted by Crippen LogP contribution is -1.98. The van der Waals surface area contributed by atoms with E-state index in [9.17, 15) is 4.79 Å². The van der Waals surface area contributed by atoms with E-state index in [1.165, 1.54) is 12.2 Å². The van der Waals surface area contributed by atoms with E-state index >= 15 is 0 Å². The highest BCUT2D eigenvalue weighted by Crippen LogP contribution is 2.06. The molecule has 0 aromatic heterocycles. The Labute approximate surface area is 72.7 Å². The topological polar surface area (TPSA) is 17.1 Å². The van der Waals surface area contributed by atoms with E-state index in [1.807, 2.05) is 13.8 Å². The van der Waals surface area contributed by atoms with Gasteiger partial charge in [-0.1, -0.05) is 38.1 Å². The number of allylic oxidation sites excluding steroid dienone is 3. The second-order valence-electron chi connectivity index (χ2n) is 2.80. The summed E-state index contributed by atoms with van der Waals surface area (Å²) in [4.78, 5) is 11.0. The Morgan fingerprint density at radius 1 is 1.64 bits per heavy atom. The minimum absolute atomic E-state index is 0.0601. The second-order valence-corrected chi connectivity index (χ2v) is 3.23. The first-order chi connectivity index (χ1) is 5.06. The van der Waals surface area contributed by atoms with Crippen molar-refractivity contribution in [3.63, 3.8) is 0 Å². The molecule has 0 unspecified atom stereocenters. The van der Waals surface area contributed by atoms with Gasteiger partial charge in [0, 0.05) is 11.5 Å². The van der Waals surface area contributed by atoms with Gasteiger partial charge in [0.1, 0.15) is 0 Å². The lowest BCUT2D eigenvalue weighted by Gasteiger charge is -1.98. The van der Waals surface area contributed by atoms with E-state index in [0.717, 1.165) is 0 Å². The highest BCUT2D eigenvalue weighted by atomic mass is 35.5. The first-order valence-corrected chi connectivity index (χ1v) is 3.96. The van der Waals surface area contributed by atoms with Crippen LogP contribution in [0.3, 0.4) is 0 Å². The Hall–Kier alpha value is -0.560. The molecule has 0 rings (SSSR count). The predicted molar refractivity (Wildman–Crippen MR) is 48.6 cm³/mol. The van der Waals surface area contributed by atoms with Gasteiger partial charge in [-0.05, 0) is 12.0 Å². The zero-order valence-corrected chi connectivity index (χ0v) is 7.69. The first-order valence-electron chi connectivity index (χ1n) is 3.58. The smallest absolute Gasteiger partial charge is 0.157 e. The molecule has 0 aliphatic rings. The number of carbonyl (C=O) groups is 1. The molecular formula is C9H13ClO. The van der Waals surface area contributed by atoms with Gasteiger partial charge >= 0.3 is 0 Å². The highest BCUT2D eigenvalue weighted by Gasteiger charge is 2.01. The molecule has 0 radical (unpaired) electrons. The average Bonchev–Trinajstić information content (AvgIpc) is 1.85. The molecule has 1 nitrogen and oxygen atoms in total. The molecule has 0 heterocycles. The molecule has 0 aliphatic carbocycles. The molecule has 0 N–H and O–H groups in total. The van der Waals surface area contributed by atoms with Crippen LogP contribution in [0, 0.1) is 5.92 Å². The van der Waals surface area contributed by atoms with Gasteiger partial charge in [-0.3, -0.25) is 4.79 Å². The van der Waals surface area contributed by atoms with E-state index in [0.29, 0.717) is 17.4 Å². The van der Waals surface area contributed by atoms with Crippen LogP contribution in [0.2, 0.25) is 0 Å². The van der Waals surface area contributed by atoms with E-state index in [4.69, 9.17) is 11.6 Å². The SMILES string of the molecule is C=C/C(Cl)=C/C(=O)CC(C)C. The molecule has 0 atom stereocenters. The second kappa shape index (κ2) is 5.14. The van der Waals surface area contributed by atoms with Crippen molar-refractivity contribution in [2.45, 2.75) is 20.3 Å². The van der Waals surface area contributed by atoms with Gasteiger partial charge in [0.05, 0.1) is 0 Å². The van der Waals surface area contributed by atoms with Gasteiger partial charge in [0.2, 0.25) is 0 Å². The van der Waals surface area contributed by atoms with Gasteiger partial charge in [-0.25, -0.2) is 0 Å². The van der Waals surface area contributed by atoms with Crippen LogP contribution in [-0.2, 0) is 4.79 Å². The van der Waals surface area contributed by atoms with Crippen molar-refractivity contribution >= 4 is 17.4 Å². The summed E-state index contributed by atoms with van der Waals surface area (Å²) in [5, 5.41) is 0.413. The normalized spacial score (nSPS) is 11.8. The van der Waals surface area contributed by atoms with Crippen molar-refractivity contribution in [1.29, 1.82) is 0 Å². The number of hydrogen-bond acceptors (Lipinski definition) is 1. The minimum atomic E-state index is 0.0601. The van der Waals surface area contributed by atoms with Crippen molar-refractivity contribution in [2.75, 3.05) is 0 Å². The van der Waals surface area contributed by atoms with Gasteiger partial charge in [-0.15, -0.1) is 0 Å². The quantitative estimate of drug-likeness (QED) is 0.471. The summed E-state index contributed by atoms with van der Waals surface area (Å²) >= 11 is 5.57. The third kappa shape index (κ3) is 5.86. The number of carbonyl (C=O) groups excluding carboxylic acids is 1. The van der Waals surface area contributed by atoms with Crippen molar-refractivity contribution < 1.29 is 4.79 Å². The fourth-order valence-electron chi connectivity index (χ4n) is 0.674. The Morgan fingerprint density at radius 2 is 2.18 bits per heavy atom. The van der Waals surface area contributed by atoms with Crippen LogP contribution in [0.1, 0.15) is 20.3 Å². The lowest BCUT2D eigenvalue weighted by molar-refractivity contribution is -0.115. The minimum Gasteiger partial charge on any atom is -0.295 e. The molecule has 0 fully saturated rings. The summed E-state index contributed by atoms with van der Waals surface area (Å²) in [6.45, 7) is 7.43. The van der Waals surface area contributed by atoms with Crippen LogP contribution in [0.25, 0.3) is 0 Å². The Bertz CT molecular complexity index is 180. The van der Waals surface area contributed by atoms with Crippen LogP contribution >= 0.6 is 11.6 Å². The molecule has 62 valence electrons. The fraction of sp³-hybridized carbons (Fsp3) is 0.444. The number of ketones is 1. The fourth-order valence-corrected chi connectivity index (χ4v) is 0.796. The number of rotatable bonds is 4. The maximum absolute atomic E-state index is 11.0. The zero-order chi connectivity index (χ0) is 8.85. The monoisotopic (exact) mass is 172 g/mol. The van der Waals surface area contributed by atoms with Gasteiger partial charge in [0.15, 0.2) is 5.78 Å². The van der Waals surface area contributed by atoms with Crippen LogP contribution in [0.15, 0.2) is 23.8 Å². The Balaban J connectivity index is 3.96. The molecule has 2 heteroatoms. The standard InChI is InChI=1S/C9H13ClO/c1-4-8(10)6-9(11)5-7(2)3/h4,6-7H,1,5H2,2-3H3/b8-6-. The Kier molecular flexibility index (Phi) is 4.88. The summed E-state index contributed by atoms with van der Waals surface area (Å²) in [5.74, 6) is 0.443. The van der Waals surface area contributed by atoms with Gasteiger partial charge in [-0.2, -0.15) is 0 Å². The predicted octanol–water partition coefficient (Wildman–Crippen LogP) is 2.91. The van der Waals surface area contributed by atoms with Crippen molar-refractivity contribution in [3.05, 3.63) is 23.8 Å². The van der Waals surface area contributed by atoms with E-state index in [-0.39, 0.29) is 5.78 Å². The molecule has 11 heavy (non-hydrogen) atoms. The summed E-state index contributed by atoms with van der Waals surface area (Å²) in [6.07, 6.45) is 3.42. The van der Waals surface area contributed by atoms with E-state index < -0.39 is 0 Å². The third-order valence-electron chi connectivity index (χ3n) is 1.10. The van der Waals surface area contributed by atoms with E-state index in [2.05, 4.69) is 6.58 Å². The van der Waals surface area contributed by atoms with Crippen LogP contribution in [0.5, 0.6) is 0 Å². The molecule has 0 aliphatic heterocycles. The molecule has 0 bridgehead atoms. The average molecular weight is 173 g/mol.